The van der Waals surface area contributed by atoms with Crippen LogP contribution in [0.2, 0.25) is 0 Å². The zero-order valence-corrected chi connectivity index (χ0v) is 9.76. The van der Waals surface area contributed by atoms with Crippen molar-refractivity contribution in [2.24, 2.45) is 0 Å². The Balaban J connectivity index is 2.03. The van der Waals surface area contributed by atoms with Gasteiger partial charge in [-0.15, -0.1) is 0 Å². The van der Waals surface area contributed by atoms with Gasteiger partial charge < -0.3 is 16.2 Å². The summed E-state index contributed by atoms with van der Waals surface area (Å²) in [6, 6.07) is 13.7. The largest absolute Gasteiger partial charge is 0.508 e. The van der Waals surface area contributed by atoms with Crippen LogP contribution >= 0.6 is 0 Å². The number of rotatable bonds is 3. The van der Waals surface area contributed by atoms with Gasteiger partial charge in [0.25, 0.3) is 0 Å². The molecular weight excluding hydrogens is 228 g/mol. The smallest absolute Gasteiger partial charge is 0.228 e. The van der Waals surface area contributed by atoms with Gasteiger partial charge in [-0.05, 0) is 29.8 Å². The molecule has 2 rings (SSSR count). The Morgan fingerprint density at radius 3 is 2.67 bits per heavy atom. The van der Waals surface area contributed by atoms with Crippen LogP contribution in [0.1, 0.15) is 5.56 Å². The van der Waals surface area contributed by atoms with E-state index in [-0.39, 0.29) is 18.1 Å². The van der Waals surface area contributed by atoms with Gasteiger partial charge in [0.1, 0.15) is 5.75 Å². The summed E-state index contributed by atoms with van der Waals surface area (Å²) >= 11 is 0. The summed E-state index contributed by atoms with van der Waals surface area (Å²) in [4.78, 5) is 11.8. The lowest BCUT2D eigenvalue weighted by atomic mass is 10.1. The van der Waals surface area contributed by atoms with Crippen LogP contribution in [0.25, 0.3) is 0 Å². The van der Waals surface area contributed by atoms with Crippen LogP contribution in [0.15, 0.2) is 48.5 Å². The summed E-state index contributed by atoms with van der Waals surface area (Å²) in [7, 11) is 0. The molecule has 0 aromatic heterocycles. The van der Waals surface area contributed by atoms with E-state index in [1.54, 1.807) is 48.5 Å². The van der Waals surface area contributed by atoms with Gasteiger partial charge in [0.2, 0.25) is 5.91 Å². The summed E-state index contributed by atoms with van der Waals surface area (Å²) in [6.07, 6.45) is 0.197. The van der Waals surface area contributed by atoms with Gasteiger partial charge in [-0.25, -0.2) is 0 Å². The monoisotopic (exact) mass is 242 g/mol. The molecule has 0 aliphatic heterocycles. The van der Waals surface area contributed by atoms with Crippen LogP contribution in [-0.4, -0.2) is 11.0 Å². The second kappa shape index (κ2) is 5.23. The summed E-state index contributed by atoms with van der Waals surface area (Å²) in [5.41, 5.74) is 7.61. The number of amides is 1. The summed E-state index contributed by atoms with van der Waals surface area (Å²) in [5, 5.41) is 12.0. The number of nitrogen functional groups attached to an aromatic ring is 1. The van der Waals surface area contributed by atoms with E-state index in [1.807, 2.05) is 0 Å². The molecule has 0 atom stereocenters. The van der Waals surface area contributed by atoms with E-state index in [0.717, 1.165) is 5.56 Å². The number of aromatic hydroxyl groups is 1. The molecule has 4 heteroatoms. The molecule has 0 saturated carbocycles. The predicted octanol–water partition coefficient (Wildman–Crippen LogP) is 2.16. The van der Waals surface area contributed by atoms with E-state index in [9.17, 15) is 9.90 Å². The maximum Gasteiger partial charge on any atom is 0.228 e. The van der Waals surface area contributed by atoms with Crippen LogP contribution in [0.4, 0.5) is 11.4 Å². The minimum Gasteiger partial charge on any atom is -0.508 e. The molecule has 0 saturated heterocycles. The molecule has 0 fully saturated rings. The molecule has 0 aliphatic carbocycles. The fraction of sp³-hybridized carbons (Fsp3) is 0.0714. The molecule has 1 amide bonds. The Morgan fingerprint density at radius 1 is 1.17 bits per heavy atom. The summed E-state index contributed by atoms with van der Waals surface area (Å²) < 4.78 is 0. The number of carbonyl (C=O) groups excluding carboxylic acids is 1. The van der Waals surface area contributed by atoms with Crippen molar-refractivity contribution >= 4 is 17.3 Å². The summed E-state index contributed by atoms with van der Waals surface area (Å²) in [5.74, 6) is -0.0157. The zero-order valence-electron chi connectivity index (χ0n) is 9.76. The molecule has 18 heavy (non-hydrogen) atoms. The summed E-state index contributed by atoms with van der Waals surface area (Å²) in [6.45, 7) is 0. The highest BCUT2D eigenvalue weighted by Gasteiger charge is 2.06. The molecule has 0 aliphatic rings. The Labute approximate surface area is 105 Å². The lowest BCUT2D eigenvalue weighted by Crippen LogP contribution is -2.15. The van der Waals surface area contributed by atoms with Crippen molar-refractivity contribution in [2.75, 3.05) is 11.1 Å². The first-order valence-electron chi connectivity index (χ1n) is 5.57. The van der Waals surface area contributed by atoms with E-state index in [4.69, 9.17) is 5.73 Å². The van der Waals surface area contributed by atoms with Crippen molar-refractivity contribution in [1.82, 2.24) is 0 Å². The predicted molar refractivity (Wildman–Crippen MR) is 71.3 cm³/mol. The normalized spacial score (nSPS) is 10.0. The number of nitrogens with two attached hydrogens (primary N) is 1. The average molecular weight is 242 g/mol. The minimum absolute atomic E-state index is 0.152. The molecule has 0 bridgehead atoms. The molecule has 2 aromatic carbocycles. The number of phenolic OH excluding ortho intramolecular Hbond substituents is 1. The Kier molecular flexibility index (Phi) is 3.48. The average Bonchev–Trinajstić information content (AvgIpc) is 2.32. The first-order chi connectivity index (χ1) is 8.65. The maximum atomic E-state index is 11.8. The lowest BCUT2D eigenvalue weighted by Gasteiger charge is -2.07. The second-order valence-electron chi connectivity index (χ2n) is 3.98. The van der Waals surface area contributed by atoms with E-state index in [0.29, 0.717) is 11.4 Å². The first-order valence-corrected chi connectivity index (χ1v) is 5.57. The molecule has 4 N–H and O–H groups in total. The molecule has 0 heterocycles. The van der Waals surface area contributed by atoms with Gasteiger partial charge in [0.15, 0.2) is 0 Å². The topological polar surface area (TPSA) is 75.3 Å². The highest BCUT2D eigenvalue weighted by atomic mass is 16.3. The highest BCUT2D eigenvalue weighted by molar-refractivity contribution is 5.95. The molecule has 0 radical (unpaired) electrons. The first kappa shape index (κ1) is 12.0. The number of para-hydroxylation sites is 2. The van der Waals surface area contributed by atoms with Gasteiger partial charge in [-0.1, -0.05) is 24.3 Å². The Hall–Kier alpha value is -2.49. The van der Waals surface area contributed by atoms with Crippen molar-refractivity contribution in [2.45, 2.75) is 6.42 Å². The van der Waals surface area contributed by atoms with Crippen LogP contribution in [0, 0.1) is 0 Å². The van der Waals surface area contributed by atoms with Gasteiger partial charge >= 0.3 is 0 Å². The quantitative estimate of drug-likeness (QED) is 0.722. The van der Waals surface area contributed by atoms with E-state index >= 15 is 0 Å². The molecule has 92 valence electrons. The number of carbonyl (C=O) groups is 1. The molecule has 0 unspecified atom stereocenters. The number of anilines is 2. The van der Waals surface area contributed by atoms with Gasteiger partial charge in [-0.3, -0.25) is 4.79 Å². The van der Waals surface area contributed by atoms with Crippen molar-refractivity contribution in [1.29, 1.82) is 0 Å². The van der Waals surface area contributed by atoms with Crippen LogP contribution < -0.4 is 11.1 Å². The standard InChI is InChI=1S/C14H14N2O2/c15-12-6-1-2-7-13(12)16-14(18)9-10-4-3-5-11(17)8-10/h1-8,17H,9,15H2,(H,16,18). The van der Waals surface area contributed by atoms with Crippen molar-refractivity contribution in [3.05, 3.63) is 54.1 Å². The zero-order chi connectivity index (χ0) is 13.0. The van der Waals surface area contributed by atoms with Crippen LogP contribution in [-0.2, 0) is 11.2 Å². The molecular formula is C14H14N2O2. The Morgan fingerprint density at radius 2 is 1.94 bits per heavy atom. The van der Waals surface area contributed by atoms with Gasteiger partial charge in [-0.2, -0.15) is 0 Å². The van der Waals surface area contributed by atoms with Gasteiger partial charge in [0, 0.05) is 0 Å². The number of benzene rings is 2. The van der Waals surface area contributed by atoms with E-state index in [1.165, 1.54) is 0 Å². The molecule has 0 spiro atoms. The van der Waals surface area contributed by atoms with Crippen molar-refractivity contribution in [3.8, 4) is 5.75 Å². The number of nitrogens with one attached hydrogen (secondary N) is 1. The molecule has 4 nitrogen and oxygen atoms in total. The van der Waals surface area contributed by atoms with Crippen molar-refractivity contribution < 1.29 is 9.90 Å². The third-order valence-electron chi connectivity index (χ3n) is 2.51. The molecule has 2 aromatic rings. The van der Waals surface area contributed by atoms with Gasteiger partial charge in [0.05, 0.1) is 17.8 Å². The van der Waals surface area contributed by atoms with E-state index < -0.39 is 0 Å². The van der Waals surface area contributed by atoms with Crippen molar-refractivity contribution in [3.63, 3.8) is 0 Å². The highest BCUT2D eigenvalue weighted by Crippen LogP contribution is 2.17. The number of hydrogen-bond donors (Lipinski definition) is 3. The van der Waals surface area contributed by atoms with E-state index in [2.05, 4.69) is 5.32 Å². The third-order valence-corrected chi connectivity index (χ3v) is 2.51. The second-order valence-corrected chi connectivity index (χ2v) is 3.98. The lowest BCUT2D eigenvalue weighted by molar-refractivity contribution is -0.115. The maximum absolute atomic E-state index is 11.8. The number of hydrogen-bond acceptors (Lipinski definition) is 3. The van der Waals surface area contributed by atoms with Crippen LogP contribution in [0.3, 0.4) is 0 Å². The Bertz CT molecular complexity index is 567. The minimum atomic E-state index is -0.168. The fourth-order valence-corrected chi connectivity index (χ4v) is 1.66. The van der Waals surface area contributed by atoms with Crippen LogP contribution in [0.5, 0.6) is 5.75 Å². The fourth-order valence-electron chi connectivity index (χ4n) is 1.66. The third kappa shape index (κ3) is 3.01. The number of phenols is 1. The SMILES string of the molecule is Nc1ccccc1NC(=O)Cc1cccc(O)c1.